The summed E-state index contributed by atoms with van der Waals surface area (Å²) in [6.45, 7) is 15.7. The molecule has 0 unspecified atom stereocenters. The van der Waals surface area contributed by atoms with Gasteiger partial charge in [-0.3, -0.25) is 14.9 Å². The highest BCUT2D eigenvalue weighted by molar-refractivity contribution is 5.88. The lowest BCUT2D eigenvalue weighted by Crippen LogP contribution is -2.32. The van der Waals surface area contributed by atoms with E-state index in [4.69, 9.17) is 0 Å². The number of nitrogens with zero attached hydrogens (tertiary/aromatic N) is 4. The topological polar surface area (TPSA) is 86.8 Å². The third-order valence-corrected chi connectivity index (χ3v) is 8.73. The third kappa shape index (κ3) is 7.19. The molecule has 42 heavy (non-hydrogen) atoms. The maximum Gasteiger partial charge on any atom is 0.293 e. The summed E-state index contributed by atoms with van der Waals surface area (Å²) < 4.78 is 0.928. The third-order valence-electron chi connectivity index (χ3n) is 8.73. The van der Waals surface area contributed by atoms with Crippen molar-refractivity contribution in [3.63, 3.8) is 0 Å². The van der Waals surface area contributed by atoms with E-state index in [0.717, 1.165) is 97.4 Å². The molecule has 2 aliphatic heterocycles. The second-order valence-electron chi connectivity index (χ2n) is 14.2. The summed E-state index contributed by atoms with van der Waals surface area (Å²) in [6, 6.07) is 7.81. The van der Waals surface area contributed by atoms with Crippen molar-refractivity contribution < 1.29 is 14.5 Å². The van der Waals surface area contributed by atoms with Gasteiger partial charge in [0.2, 0.25) is 0 Å². The van der Waals surface area contributed by atoms with Crippen LogP contribution in [0.4, 0.5) is 22.7 Å². The lowest BCUT2D eigenvalue weighted by Gasteiger charge is -2.32. The molecule has 2 saturated heterocycles. The Morgan fingerprint density at radius 3 is 1.43 bits per heavy atom. The maximum absolute atomic E-state index is 14.0. The monoisotopic (exact) mass is 577 g/mol. The van der Waals surface area contributed by atoms with Crippen LogP contribution >= 0.6 is 0 Å². The van der Waals surface area contributed by atoms with Gasteiger partial charge in [0, 0.05) is 60.8 Å². The zero-order valence-corrected chi connectivity index (χ0v) is 26.7. The fourth-order valence-electron chi connectivity index (χ4n) is 6.32. The van der Waals surface area contributed by atoms with Crippen molar-refractivity contribution in [2.24, 2.45) is 0 Å². The minimum Gasteiger partial charge on any atom is -0.366 e. The number of nitroso groups, excluding NO2 is 1. The van der Waals surface area contributed by atoms with Gasteiger partial charge >= 0.3 is 0 Å². The van der Waals surface area contributed by atoms with E-state index in [1.54, 1.807) is 6.07 Å². The molecule has 0 atom stereocenters. The van der Waals surface area contributed by atoms with E-state index in [-0.39, 0.29) is 40.1 Å². The van der Waals surface area contributed by atoms with Gasteiger partial charge in [-0.15, -0.1) is 0 Å². The molecule has 8 heteroatoms. The van der Waals surface area contributed by atoms with Gasteiger partial charge in [0.05, 0.1) is 4.92 Å². The number of nitro groups is 1. The minimum atomic E-state index is -0.306. The highest BCUT2D eigenvalue weighted by Gasteiger charge is 2.32. The predicted molar refractivity (Wildman–Crippen MR) is 171 cm³/mol. The first-order valence-corrected chi connectivity index (χ1v) is 15.6. The molecule has 2 aliphatic rings. The number of rotatable bonds is 8. The van der Waals surface area contributed by atoms with Gasteiger partial charge in [-0.1, -0.05) is 53.7 Å². The number of ketones is 1. The van der Waals surface area contributed by atoms with Gasteiger partial charge in [0.15, 0.2) is 7.05 Å². The van der Waals surface area contributed by atoms with Crippen molar-refractivity contribution in [1.82, 2.24) is 0 Å². The van der Waals surface area contributed by atoms with E-state index in [2.05, 4.69) is 36.6 Å². The molecule has 0 aliphatic carbocycles. The molecule has 0 aromatic heterocycles. The van der Waals surface area contributed by atoms with E-state index in [0.29, 0.717) is 11.4 Å². The Hall–Kier alpha value is -3.29. The van der Waals surface area contributed by atoms with Crippen LogP contribution in [0.3, 0.4) is 0 Å². The Bertz CT molecular complexity index is 1240. The normalized spacial score (nSPS) is 16.5. The molecule has 2 heterocycles. The number of hydrogen-bond acceptors (Lipinski definition) is 6. The summed E-state index contributed by atoms with van der Waals surface area (Å²) in [5.74, 6) is -0.00237. The number of benzene rings is 2. The smallest absolute Gasteiger partial charge is 0.293 e. The maximum atomic E-state index is 14.0. The molecule has 2 aromatic rings. The first-order valence-electron chi connectivity index (χ1n) is 15.6. The van der Waals surface area contributed by atoms with Crippen molar-refractivity contribution in [3.05, 3.63) is 61.5 Å². The van der Waals surface area contributed by atoms with Gasteiger partial charge < -0.3 is 9.80 Å². The molecule has 0 amide bonds. The molecule has 0 bridgehead atoms. The van der Waals surface area contributed by atoms with Crippen LogP contribution in [0, 0.1) is 15.0 Å². The standard InChI is InChI=1S/C34H49N4O4/c1-33(2,3)26-18-24(31(29(22-26)35(7)40)36-14-10-8-11-15-36)20-28(39)21-25-19-27(34(4,5)6)23-30(38(41)42)32(25)37-16-12-9-13-17-37/h18-19,22-23H,8-17,20-21H2,1-7H3/q+1. The summed E-state index contributed by atoms with van der Waals surface area (Å²) in [5, 5.41) is 12.4. The van der Waals surface area contributed by atoms with Crippen molar-refractivity contribution in [3.8, 4) is 0 Å². The number of hydrogen-bond donors (Lipinski definition) is 0. The Morgan fingerprint density at radius 1 is 0.690 bits per heavy atom. The summed E-state index contributed by atoms with van der Waals surface area (Å²) in [6.07, 6.45) is 6.62. The van der Waals surface area contributed by atoms with Crippen molar-refractivity contribution in [2.75, 3.05) is 43.0 Å². The Morgan fingerprint density at radius 2 is 1.07 bits per heavy atom. The molecule has 4 rings (SSSR count). The van der Waals surface area contributed by atoms with Gasteiger partial charge in [-0.05, 0) is 71.6 Å². The quantitative estimate of drug-likeness (QED) is 0.183. The van der Waals surface area contributed by atoms with E-state index < -0.39 is 0 Å². The van der Waals surface area contributed by atoms with E-state index in [9.17, 15) is 19.8 Å². The largest absolute Gasteiger partial charge is 0.366 e. The van der Waals surface area contributed by atoms with E-state index >= 15 is 0 Å². The molecule has 0 N–H and O–H groups in total. The SMILES string of the molecule is C[N+](=O)c1cc(C(C)(C)C)cc(CC(=O)Cc2cc(C(C)(C)C)cc([N+](=O)[O-])c2N2CCCCC2)c1N1CCCCC1. The number of Topliss-reactive ketones (excluding diaryl/α,β-unsaturated/α-hetero) is 1. The summed E-state index contributed by atoms with van der Waals surface area (Å²) >= 11 is 0. The van der Waals surface area contributed by atoms with Crippen molar-refractivity contribution in [2.45, 2.75) is 104 Å². The van der Waals surface area contributed by atoms with Gasteiger partial charge in [0.25, 0.3) is 11.4 Å². The lowest BCUT2D eigenvalue weighted by atomic mass is 9.83. The van der Waals surface area contributed by atoms with Crippen LogP contribution in [0.25, 0.3) is 0 Å². The summed E-state index contributed by atoms with van der Waals surface area (Å²) in [7, 11) is 1.53. The van der Waals surface area contributed by atoms with Crippen LogP contribution in [0.5, 0.6) is 0 Å². The molecule has 2 fully saturated rings. The van der Waals surface area contributed by atoms with Gasteiger partial charge in [-0.25, -0.2) is 0 Å². The Balaban J connectivity index is 1.80. The van der Waals surface area contributed by atoms with E-state index in [1.165, 1.54) is 7.05 Å². The minimum absolute atomic E-state index is 0.00237. The van der Waals surface area contributed by atoms with E-state index in [1.807, 2.05) is 32.9 Å². The molecule has 8 nitrogen and oxygen atoms in total. The number of carbonyl (C=O) groups excluding carboxylic acids is 1. The number of anilines is 2. The molecular weight excluding hydrogens is 528 g/mol. The predicted octanol–water partition coefficient (Wildman–Crippen LogP) is 7.56. The molecule has 0 saturated carbocycles. The van der Waals surface area contributed by atoms with Crippen LogP contribution in [-0.4, -0.2) is 48.7 Å². The van der Waals surface area contributed by atoms with Crippen LogP contribution < -0.4 is 9.80 Å². The number of piperidine rings is 2. The average molecular weight is 578 g/mol. The number of carbonyl (C=O) groups is 1. The summed E-state index contributed by atoms with van der Waals surface area (Å²) in [5.41, 5.74) is 5.12. The second kappa shape index (κ2) is 12.5. The summed E-state index contributed by atoms with van der Waals surface area (Å²) in [4.78, 5) is 43.4. The molecule has 0 spiro atoms. The fourth-order valence-corrected chi connectivity index (χ4v) is 6.32. The molecule has 0 radical (unpaired) electrons. The van der Waals surface area contributed by atoms with Crippen LogP contribution in [0.1, 0.15) is 102 Å². The molecular formula is C34H49N4O4+. The first kappa shape index (κ1) is 31.6. The highest BCUT2D eigenvalue weighted by atomic mass is 16.6. The lowest BCUT2D eigenvalue weighted by molar-refractivity contribution is -0.427. The van der Waals surface area contributed by atoms with Crippen molar-refractivity contribution >= 4 is 28.5 Å². The Labute approximate surface area is 251 Å². The fraction of sp³-hybridized carbons (Fsp3) is 0.618. The first-order chi connectivity index (χ1) is 19.7. The number of nitro benzene ring substituents is 1. The molecule has 2 aromatic carbocycles. The second-order valence-corrected chi connectivity index (χ2v) is 14.2. The van der Waals surface area contributed by atoms with Crippen LogP contribution in [0.15, 0.2) is 24.3 Å². The van der Waals surface area contributed by atoms with Gasteiger partial charge in [-0.2, -0.15) is 0 Å². The zero-order valence-electron chi connectivity index (χ0n) is 26.7. The average Bonchev–Trinajstić information content (AvgIpc) is 2.92. The highest BCUT2D eigenvalue weighted by Crippen LogP contribution is 2.41. The van der Waals surface area contributed by atoms with Crippen LogP contribution in [-0.2, 0) is 28.5 Å². The van der Waals surface area contributed by atoms with Gasteiger partial charge in [0.1, 0.15) is 17.2 Å². The zero-order chi connectivity index (χ0) is 30.8. The molecule has 228 valence electrons. The Kier molecular flexibility index (Phi) is 9.43. The van der Waals surface area contributed by atoms with Crippen molar-refractivity contribution in [1.29, 1.82) is 0 Å². The van der Waals surface area contributed by atoms with Crippen LogP contribution in [0.2, 0.25) is 0 Å².